The molecule has 0 aliphatic heterocycles. The summed E-state index contributed by atoms with van der Waals surface area (Å²) in [7, 11) is 0. The normalized spacial score (nSPS) is 17.4. The van der Waals surface area contributed by atoms with Crippen molar-refractivity contribution in [3.63, 3.8) is 0 Å². The van der Waals surface area contributed by atoms with Gasteiger partial charge < -0.3 is 0 Å². The van der Waals surface area contributed by atoms with Crippen LogP contribution in [0.2, 0.25) is 0 Å². The Labute approximate surface area is 160 Å². The highest BCUT2D eigenvalue weighted by atomic mass is 32.1. The first-order valence-electron chi connectivity index (χ1n) is 8.91. The van der Waals surface area contributed by atoms with Gasteiger partial charge in [-0.15, -0.1) is 22.7 Å². The molecule has 0 saturated carbocycles. The molecule has 0 unspecified atom stereocenters. The van der Waals surface area contributed by atoms with Crippen LogP contribution in [0.25, 0.3) is 10.2 Å². The van der Waals surface area contributed by atoms with Gasteiger partial charge in [0.15, 0.2) is 5.78 Å². The first-order chi connectivity index (χ1) is 12.3. The molecule has 0 saturated heterocycles. The van der Waals surface area contributed by atoms with Crippen molar-refractivity contribution >= 4 is 38.7 Å². The number of hydrogen-bond acceptors (Lipinski definition) is 5. The molecule has 0 fully saturated rings. The minimum atomic E-state index is -0.0772. The largest absolute Gasteiger partial charge is 0.291 e. The molecule has 0 N–H and O–H groups in total. The van der Waals surface area contributed by atoms with Gasteiger partial charge in [0.1, 0.15) is 4.83 Å². The molecule has 6 heteroatoms. The number of carbonyl (C=O) groups is 1. The third-order valence-corrected chi connectivity index (χ3v) is 7.44. The van der Waals surface area contributed by atoms with Gasteiger partial charge in [-0.3, -0.25) is 14.2 Å². The number of carbonyl (C=O) groups excluding carboxylic acids is 1. The predicted molar refractivity (Wildman–Crippen MR) is 107 cm³/mol. The molecule has 26 heavy (non-hydrogen) atoms. The van der Waals surface area contributed by atoms with E-state index in [1.165, 1.54) is 32.7 Å². The summed E-state index contributed by atoms with van der Waals surface area (Å²) < 4.78 is 1.47. The summed E-state index contributed by atoms with van der Waals surface area (Å²) in [6.07, 6.45) is 4.58. The predicted octanol–water partition coefficient (Wildman–Crippen LogP) is 4.55. The number of nitrogens with zero attached hydrogens (tertiary/aromatic N) is 2. The van der Waals surface area contributed by atoms with E-state index in [9.17, 15) is 9.59 Å². The van der Waals surface area contributed by atoms with E-state index in [2.05, 4.69) is 25.8 Å². The van der Waals surface area contributed by atoms with Gasteiger partial charge in [0, 0.05) is 4.88 Å². The molecule has 4 rings (SSSR count). The Morgan fingerprint density at radius 3 is 2.88 bits per heavy atom. The van der Waals surface area contributed by atoms with Gasteiger partial charge in [-0.2, -0.15) is 0 Å². The summed E-state index contributed by atoms with van der Waals surface area (Å²) in [5.74, 6) is 0.589. The Kier molecular flexibility index (Phi) is 4.35. The van der Waals surface area contributed by atoms with E-state index in [1.54, 1.807) is 17.4 Å². The van der Waals surface area contributed by atoms with Crippen LogP contribution in [-0.2, 0) is 19.4 Å². The first-order valence-corrected chi connectivity index (χ1v) is 10.6. The molecule has 3 aromatic rings. The highest BCUT2D eigenvalue weighted by molar-refractivity contribution is 7.18. The molecular weight excluding hydrogens is 364 g/mol. The second-order valence-corrected chi connectivity index (χ2v) is 10.1. The molecular formula is C20H22N2O2S2. The summed E-state index contributed by atoms with van der Waals surface area (Å²) in [6, 6.07) is 3.64. The number of hydrogen-bond donors (Lipinski definition) is 0. The maximum atomic E-state index is 13.0. The van der Waals surface area contributed by atoms with E-state index in [1.807, 2.05) is 11.4 Å². The third-order valence-electron chi connectivity index (χ3n) is 5.37. The van der Waals surface area contributed by atoms with Crippen LogP contribution < -0.4 is 5.56 Å². The van der Waals surface area contributed by atoms with Crippen molar-refractivity contribution in [2.24, 2.45) is 11.3 Å². The van der Waals surface area contributed by atoms with Crippen molar-refractivity contribution in [3.05, 3.63) is 49.5 Å². The van der Waals surface area contributed by atoms with Gasteiger partial charge in [-0.1, -0.05) is 26.8 Å². The lowest BCUT2D eigenvalue weighted by molar-refractivity contribution is 0.0974. The smallest absolute Gasteiger partial charge is 0.262 e. The van der Waals surface area contributed by atoms with Crippen LogP contribution >= 0.6 is 22.7 Å². The fraction of sp³-hybridized carbons (Fsp3) is 0.450. The van der Waals surface area contributed by atoms with Gasteiger partial charge in [0.25, 0.3) is 5.56 Å². The van der Waals surface area contributed by atoms with E-state index in [0.717, 1.165) is 29.5 Å². The van der Waals surface area contributed by atoms with Gasteiger partial charge in [0.05, 0.1) is 23.1 Å². The van der Waals surface area contributed by atoms with Crippen molar-refractivity contribution in [2.45, 2.75) is 46.6 Å². The second-order valence-electron chi connectivity index (χ2n) is 8.07. The number of rotatable bonds is 3. The Morgan fingerprint density at radius 2 is 2.19 bits per heavy atom. The molecule has 0 amide bonds. The number of Topliss-reactive ketones (excluding diaryl/α,β-unsaturated/α-hetero) is 1. The van der Waals surface area contributed by atoms with Crippen LogP contribution in [0, 0.1) is 11.3 Å². The highest BCUT2D eigenvalue weighted by Crippen LogP contribution is 2.41. The number of ketones is 1. The van der Waals surface area contributed by atoms with E-state index >= 15 is 0 Å². The van der Waals surface area contributed by atoms with E-state index < -0.39 is 0 Å². The SMILES string of the molecule is CC(C)(C)[C@H]1CCc2c(sc3ncn(CC(=O)c4cccs4)c(=O)c23)C1. The molecule has 1 aliphatic rings. The Morgan fingerprint density at radius 1 is 1.38 bits per heavy atom. The zero-order valence-corrected chi connectivity index (χ0v) is 16.9. The lowest BCUT2D eigenvalue weighted by Crippen LogP contribution is -2.27. The number of aryl methyl sites for hydroxylation is 1. The molecule has 3 heterocycles. The van der Waals surface area contributed by atoms with E-state index in [4.69, 9.17) is 0 Å². The topological polar surface area (TPSA) is 52.0 Å². The quantitative estimate of drug-likeness (QED) is 0.620. The molecule has 1 atom stereocenters. The van der Waals surface area contributed by atoms with Crippen LogP contribution in [0.4, 0.5) is 0 Å². The molecule has 0 bridgehead atoms. The summed E-state index contributed by atoms with van der Waals surface area (Å²) in [5, 5.41) is 2.61. The van der Waals surface area contributed by atoms with Crippen molar-refractivity contribution in [1.29, 1.82) is 0 Å². The van der Waals surface area contributed by atoms with Gasteiger partial charge in [-0.05, 0) is 47.6 Å². The average molecular weight is 387 g/mol. The van der Waals surface area contributed by atoms with Crippen molar-refractivity contribution in [3.8, 4) is 0 Å². The van der Waals surface area contributed by atoms with Gasteiger partial charge in [-0.25, -0.2) is 4.98 Å². The van der Waals surface area contributed by atoms with Gasteiger partial charge >= 0.3 is 0 Å². The average Bonchev–Trinajstić information content (AvgIpc) is 3.23. The monoisotopic (exact) mass is 386 g/mol. The van der Waals surface area contributed by atoms with Crippen LogP contribution in [-0.4, -0.2) is 15.3 Å². The summed E-state index contributed by atoms with van der Waals surface area (Å²) >= 11 is 3.06. The van der Waals surface area contributed by atoms with Crippen molar-refractivity contribution in [2.75, 3.05) is 0 Å². The Balaban J connectivity index is 1.71. The van der Waals surface area contributed by atoms with Crippen molar-refractivity contribution in [1.82, 2.24) is 9.55 Å². The minimum Gasteiger partial charge on any atom is -0.291 e. The zero-order valence-electron chi connectivity index (χ0n) is 15.2. The van der Waals surface area contributed by atoms with Crippen LogP contribution in [0.3, 0.4) is 0 Å². The Bertz CT molecular complexity index is 1020. The summed E-state index contributed by atoms with van der Waals surface area (Å²) in [4.78, 5) is 32.7. The maximum absolute atomic E-state index is 13.0. The molecule has 4 nitrogen and oxygen atoms in total. The molecule has 1 aliphatic carbocycles. The minimum absolute atomic E-state index is 0.0415. The molecule has 0 aromatic carbocycles. The van der Waals surface area contributed by atoms with Gasteiger partial charge in [0.2, 0.25) is 0 Å². The summed E-state index contributed by atoms with van der Waals surface area (Å²) in [5.41, 5.74) is 1.36. The fourth-order valence-electron chi connectivity index (χ4n) is 3.72. The Hall–Kier alpha value is -1.79. The molecule has 3 aromatic heterocycles. The zero-order chi connectivity index (χ0) is 18.5. The summed E-state index contributed by atoms with van der Waals surface area (Å²) in [6.45, 7) is 6.92. The lowest BCUT2D eigenvalue weighted by atomic mass is 9.72. The first kappa shape index (κ1) is 17.6. The number of thiophene rings is 2. The van der Waals surface area contributed by atoms with E-state index in [-0.39, 0.29) is 23.3 Å². The lowest BCUT2D eigenvalue weighted by Gasteiger charge is -2.33. The maximum Gasteiger partial charge on any atom is 0.262 e. The van der Waals surface area contributed by atoms with Crippen molar-refractivity contribution < 1.29 is 4.79 Å². The molecule has 0 spiro atoms. The third kappa shape index (κ3) is 3.05. The second kappa shape index (κ2) is 6.43. The van der Waals surface area contributed by atoms with Crippen LogP contribution in [0.5, 0.6) is 0 Å². The highest BCUT2D eigenvalue weighted by Gasteiger charge is 2.31. The standard InChI is InChI=1S/C20H22N2O2S2/c1-20(2,3)12-6-7-13-16(9-12)26-18-17(13)19(24)22(11-21-18)10-14(23)15-5-4-8-25-15/h4-5,8,11-12H,6-7,9-10H2,1-3H3/t12-/m0/s1. The van der Waals surface area contributed by atoms with Crippen LogP contribution in [0.1, 0.15) is 47.3 Å². The number of fused-ring (bicyclic) bond motifs is 3. The number of aromatic nitrogens is 2. The van der Waals surface area contributed by atoms with E-state index in [0.29, 0.717) is 10.8 Å². The molecule has 136 valence electrons. The molecule has 0 radical (unpaired) electrons. The van der Waals surface area contributed by atoms with Crippen LogP contribution in [0.15, 0.2) is 28.6 Å². The fourth-order valence-corrected chi connectivity index (χ4v) is 5.64.